The van der Waals surface area contributed by atoms with Gasteiger partial charge in [0.2, 0.25) is 0 Å². The Morgan fingerprint density at radius 3 is 3.12 bits per heavy atom. The first-order valence-electron chi connectivity index (χ1n) is 5.68. The summed E-state index contributed by atoms with van der Waals surface area (Å²) in [7, 11) is 0. The fourth-order valence-electron chi connectivity index (χ4n) is 1.56. The predicted molar refractivity (Wildman–Crippen MR) is 63.0 cm³/mol. The van der Waals surface area contributed by atoms with E-state index in [4.69, 9.17) is 15.2 Å². The number of aliphatic hydroxyl groups excluding tert-OH is 1. The van der Waals surface area contributed by atoms with E-state index in [0.717, 1.165) is 0 Å². The Morgan fingerprint density at radius 1 is 1.71 bits per heavy atom. The van der Waals surface area contributed by atoms with E-state index in [1.807, 2.05) is 12.2 Å². The molecule has 0 aliphatic heterocycles. The molecule has 0 spiro atoms. The van der Waals surface area contributed by atoms with Gasteiger partial charge in [0, 0.05) is 18.9 Å². The number of aliphatic hydroxyl groups is 1. The molecule has 0 aromatic rings. The van der Waals surface area contributed by atoms with Crippen molar-refractivity contribution in [2.24, 2.45) is 5.73 Å². The number of carbonyl (C=O) groups excluding carboxylic acids is 1. The van der Waals surface area contributed by atoms with Gasteiger partial charge < -0.3 is 20.3 Å². The predicted octanol–water partition coefficient (Wildman–Crippen LogP) is 0.488. The third-order valence-electron chi connectivity index (χ3n) is 2.36. The maximum atomic E-state index is 10.9. The Kier molecular flexibility index (Phi) is 5.90. The molecule has 2 unspecified atom stereocenters. The van der Waals surface area contributed by atoms with Gasteiger partial charge in [0.05, 0.1) is 6.61 Å². The maximum absolute atomic E-state index is 10.9. The van der Waals surface area contributed by atoms with E-state index in [1.165, 1.54) is 6.92 Å². The molecule has 0 amide bonds. The lowest BCUT2D eigenvalue weighted by molar-refractivity contribution is -0.147. The van der Waals surface area contributed by atoms with Gasteiger partial charge in [-0.05, 0) is 13.0 Å². The summed E-state index contributed by atoms with van der Waals surface area (Å²) in [5.74, 6) is -0.370. The molecule has 0 aromatic heterocycles. The van der Waals surface area contributed by atoms with Gasteiger partial charge in [-0.2, -0.15) is 0 Å². The van der Waals surface area contributed by atoms with Crippen LogP contribution in [0.3, 0.4) is 0 Å². The summed E-state index contributed by atoms with van der Waals surface area (Å²) in [6.07, 6.45) is 5.15. The maximum Gasteiger partial charge on any atom is 0.303 e. The highest BCUT2D eigenvalue weighted by Gasteiger charge is 2.24. The van der Waals surface area contributed by atoms with Gasteiger partial charge in [-0.1, -0.05) is 18.2 Å². The van der Waals surface area contributed by atoms with Crippen LogP contribution in [0, 0.1) is 0 Å². The second-order valence-electron chi connectivity index (χ2n) is 3.79. The van der Waals surface area contributed by atoms with E-state index in [9.17, 15) is 9.90 Å². The van der Waals surface area contributed by atoms with Crippen LogP contribution in [0.4, 0.5) is 0 Å². The van der Waals surface area contributed by atoms with Gasteiger partial charge in [0.15, 0.2) is 6.29 Å². The van der Waals surface area contributed by atoms with E-state index >= 15 is 0 Å². The van der Waals surface area contributed by atoms with Gasteiger partial charge >= 0.3 is 5.97 Å². The monoisotopic (exact) mass is 241 g/mol. The van der Waals surface area contributed by atoms with E-state index in [2.05, 4.69) is 0 Å². The molecule has 1 aliphatic rings. The van der Waals surface area contributed by atoms with Gasteiger partial charge in [0.25, 0.3) is 0 Å². The largest absolute Gasteiger partial charge is 0.457 e. The quantitative estimate of drug-likeness (QED) is 0.402. The first-order chi connectivity index (χ1) is 8.15. The molecule has 17 heavy (non-hydrogen) atoms. The average Bonchev–Trinajstić information content (AvgIpc) is 2.29. The number of hydrogen-bond acceptors (Lipinski definition) is 5. The molecular weight excluding hydrogens is 222 g/mol. The molecule has 5 heteroatoms. The Bertz CT molecular complexity index is 312. The third kappa shape index (κ3) is 4.68. The molecule has 0 heterocycles. The zero-order valence-corrected chi connectivity index (χ0v) is 9.96. The SMILES string of the molecule is CC(=O)OC1CC=CC=C1C(O)OCCCN. The topological polar surface area (TPSA) is 81.8 Å². The van der Waals surface area contributed by atoms with Gasteiger partial charge in [0.1, 0.15) is 6.10 Å². The van der Waals surface area contributed by atoms with Crippen molar-refractivity contribution in [2.75, 3.05) is 13.2 Å². The fourth-order valence-corrected chi connectivity index (χ4v) is 1.56. The second-order valence-corrected chi connectivity index (χ2v) is 3.79. The average molecular weight is 241 g/mol. The summed E-state index contributed by atoms with van der Waals surface area (Å²) in [6.45, 7) is 2.24. The number of allylic oxidation sites excluding steroid dienone is 2. The Morgan fingerprint density at radius 2 is 2.47 bits per heavy atom. The first kappa shape index (κ1) is 13.9. The summed E-state index contributed by atoms with van der Waals surface area (Å²) in [5.41, 5.74) is 5.90. The van der Waals surface area contributed by atoms with Gasteiger partial charge in [-0.25, -0.2) is 0 Å². The van der Waals surface area contributed by atoms with Crippen molar-refractivity contribution >= 4 is 5.97 Å². The smallest absolute Gasteiger partial charge is 0.303 e. The third-order valence-corrected chi connectivity index (χ3v) is 2.36. The van der Waals surface area contributed by atoms with Crippen LogP contribution in [0.5, 0.6) is 0 Å². The van der Waals surface area contributed by atoms with E-state index in [0.29, 0.717) is 31.6 Å². The Hall–Kier alpha value is -1.17. The van der Waals surface area contributed by atoms with Crippen molar-refractivity contribution in [1.29, 1.82) is 0 Å². The minimum absolute atomic E-state index is 0.370. The van der Waals surface area contributed by atoms with Crippen LogP contribution >= 0.6 is 0 Å². The van der Waals surface area contributed by atoms with Gasteiger partial charge in [-0.3, -0.25) is 4.79 Å². The molecule has 1 rings (SSSR count). The number of esters is 1. The molecule has 96 valence electrons. The minimum atomic E-state index is -1.05. The number of ether oxygens (including phenoxy) is 2. The highest BCUT2D eigenvalue weighted by Crippen LogP contribution is 2.21. The number of nitrogens with two attached hydrogens (primary N) is 1. The highest BCUT2D eigenvalue weighted by molar-refractivity contribution is 5.66. The van der Waals surface area contributed by atoms with Crippen LogP contribution in [0.25, 0.3) is 0 Å². The summed E-state index contributed by atoms with van der Waals surface area (Å²) in [4.78, 5) is 10.9. The Balaban J connectivity index is 2.54. The summed E-state index contributed by atoms with van der Waals surface area (Å²) < 4.78 is 10.3. The number of rotatable bonds is 6. The van der Waals surface area contributed by atoms with Crippen molar-refractivity contribution in [3.8, 4) is 0 Å². The van der Waals surface area contributed by atoms with Crippen molar-refractivity contribution in [3.05, 3.63) is 23.8 Å². The molecule has 0 saturated heterocycles. The zero-order valence-electron chi connectivity index (χ0n) is 9.96. The van der Waals surface area contributed by atoms with Crippen molar-refractivity contribution in [1.82, 2.24) is 0 Å². The van der Waals surface area contributed by atoms with Crippen LogP contribution in [0.1, 0.15) is 19.8 Å². The van der Waals surface area contributed by atoms with Crippen LogP contribution in [0.15, 0.2) is 23.8 Å². The van der Waals surface area contributed by atoms with Crippen LogP contribution in [-0.4, -0.2) is 36.6 Å². The molecule has 0 bridgehead atoms. The highest BCUT2D eigenvalue weighted by atomic mass is 16.6. The lowest BCUT2D eigenvalue weighted by atomic mass is 10.0. The molecule has 1 aliphatic carbocycles. The van der Waals surface area contributed by atoms with E-state index in [-0.39, 0.29) is 5.97 Å². The summed E-state index contributed by atoms with van der Waals surface area (Å²) >= 11 is 0. The number of hydrogen-bond donors (Lipinski definition) is 2. The molecule has 0 aromatic carbocycles. The summed E-state index contributed by atoms with van der Waals surface area (Å²) in [6, 6.07) is 0. The second kappa shape index (κ2) is 7.21. The normalized spacial score (nSPS) is 20.9. The molecule has 0 fully saturated rings. The standard InChI is InChI=1S/C12H19NO4/c1-9(14)17-11-6-3-2-5-10(11)12(15)16-8-4-7-13/h2-3,5,11-12,15H,4,6-8,13H2,1H3. The van der Waals surface area contributed by atoms with Crippen LogP contribution in [-0.2, 0) is 14.3 Å². The molecule has 2 atom stereocenters. The Labute approximate surface area is 101 Å². The lowest BCUT2D eigenvalue weighted by Crippen LogP contribution is -2.29. The van der Waals surface area contributed by atoms with E-state index < -0.39 is 12.4 Å². The van der Waals surface area contributed by atoms with E-state index in [1.54, 1.807) is 6.08 Å². The van der Waals surface area contributed by atoms with Crippen LogP contribution in [0.2, 0.25) is 0 Å². The molecular formula is C12H19NO4. The first-order valence-corrected chi connectivity index (χ1v) is 5.68. The van der Waals surface area contributed by atoms with Crippen molar-refractivity contribution in [3.63, 3.8) is 0 Å². The molecule has 5 nitrogen and oxygen atoms in total. The molecule has 3 N–H and O–H groups in total. The van der Waals surface area contributed by atoms with Crippen LogP contribution < -0.4 is 5.73 Å². The fraction of sp³-hybridized carbons (Fsp3) is 0.583. The summed E-state index contributed by atoms with van der Waals surface area (Å²) in [5, 5.41) is 9.83. The van der Waals surface area contributed by atoms with Gasteiger partial charge in [-0.15, -0.1) is 0 Å². The van der Waals surface area contributed by atoms with Crippen molar-refractivity contribution in [2.45, 2.75) is 32.2 Å². The zero-order chi connectivity index (χ0) is 12.7. The lowest BCUT2D eigenvalue weighted by Gasteiger charge is -2.25. The minimum Gasteiger partial charge on any atom is -0.457 e. The number of carbonyl (C=O) groups is 1. The van der Waals surface area contributed by atoms with Crippen molar-refractivity contribution < 1.29 is 19.4 Å². The molecule has 0 saturated carbocycles. The molecule has 0 radical (unpaired) electrons.